The third kappa shape index (κ3) is 4.82. The molecule has 0 aliphatic rings. The molecule has 0 bridgehead atoms. The number of amides is 2. The van der Waals surface area contributed by atoms with E-state index in [4.69, 9.17) is 0 Å². The summed E-state index contributed by atoms with van der Waals surface area (Å²) >= 11 is 0. The molecule has 0 fully saturated rings. The lowest BCUT2D eigenvalue weighted by Crippen LogP contribution is -2.48. The molecular weight excluding hydrogens is 296 g/mol. The van der Waals surface area contributed by atoms with Gasteiger partial charge in [-0.05, 0) is 11.1 Å². The Kier molecular flexibility index (Phi) is 5.71. The summed E-state index contributed by atoms with van der Waals surface area (Å²) < 4.78 is 0. The first kappa shape index (κ1) is 16.5. The van der Waals surface area contributed by atoms with Crippen molar-refractivity contribution in [3.05, 3.63) is 71.8 Å². The van der Waals surface area contributed by atoms with Crippen molar-refractivity contribution in [2.45, 2.75) is 18.7 Å². The molecule has 0 aromatic heterocycles. The van der Waals surface area contributed by atoms with Crippen molar-refractivity contribution in [2.24, 2.45) is 0 Å². The fourth-order valence-corrected chi connectivity index (χ4v) is 2.09. The summed E-state index contributed by atoms with van der Waals surface area (Å²) in [5, 5.41) is 24.2. The maximum Gasteiger partial charge on any atom is 0.329 e. The van der Waals surface area contributed by atoms with Gasteiger partial charge in [0.05, 0.1) is 0 Å². The number of hydrogen-bond acceptors (Lipinski definition) is 3. The topological polar surface area (TPSA) is 98.7 Å². The highest BCUT2D eigenvalue weighted by Crippen LogP contribution is 2.16. The van der Waals surface area contributed by atoms with Gasteiger partial charge in [0, 0.05) is 6.54 Å². The van der Waals surface area contributed by atoms with Crippen molar-refractivity contribution in [3.8, 4) is 0 Å². The predicted molar refractivity (Wildman–Crippen MR) is 84.6 cm³/mol. The Bertz CT molecular complexity index is 646. The molecule has 0 spiro atoms. The first-order valence-corrected chi connectivity index (χ1v) is 7.12. The number of benzene rings is 2. The first-order valence-electron chi connectivity index (χ1n) is 7.12. The molecule has 2 amide bonds. The third-order valence-corrected chi connectivity index (χ3v) is 3.31. The highest BCUT2D eigenvalue weighted by molar-refractivity contribution is 5.83. The maximum absolute atomic E-state index is 11.9. The van der Waals surface area contributed by atoms with Crippen molar-refractivity contribution in [2.75, 3.05) is 0 Å². The van der Waals surface area contributed by atoms with Crippen LogP contribution in [0.15, 0.2) is 60.7 Å². The number of aliphatic hydroxyl groups excluding tert-OH is 1. The number of carbonyl (C=O) groups is 2. The van der Waals surface area contributed by atoms with E-state index in [1.807, 2.05) is 30.3 Å². The minimum absolute atomic E-state index is 0.264. The smallest absolute Gasteiger partial charge is 0.329 e. The van der Waals surface area contributed by atoms with Gasteiger partial charge in [0.1, 0.15) is 6.10 Å². The fraction of sp³-hybridized carbons (Fsp3) is 0.176. The molecule has 6 nitrogen and oxygen atoms in total. The standard InChI is InChI=1S/C17H18N2O4/c20-15(13-9-5-2-6-10-13)14(16(21)22)19-17(23)18-11-12-7-3-1-4-8-12/h1-10,14-15,20H,11H2,(H,21,22)(H2,18,19,23). The Morgan fingerprint density at radius 1 is 0.957 bits per heavy atom. The van der Waals surface area contributed by atoms with E-state index in [0.29, 0.717) is 5.56 Å². The van der Waals surface area contributed by atoms with Crippen LogP contribution >= 0.6 is 0 Å². The van der Waals surface area contributed by atoms with Crippen LogP contribution in [0.2, 0.25) is 0 Å². The van der Waals surface area contributed by atoms with Gasteiger partial charge in [-0.25, -0.2) is 9.59 Å². The average Bonchev–Trinajstić information content (AvgIpc) is 2.58. The van der Waals surface area contributed by atoms with Crippen molar-refractivity contribution in [1.82, 2.24) is 10.6 Å². The van der Waals surface area contributed by atoms with E-state index in [1.54, 1.807) is 30.3 Å². The quantitative estimate of drug-likeness (QED) is 0.652. The lowest BCUT2D eigenvalue weighted by molar-refractivity contribution is -0.142. The van der Waals surface area contributed by atoms with Gasteiger partial charge in [0.25, 0.3) is 0 Å². The van der Waals surface area contributed by atoms with E-state index in [9.17, 15) is 19.8 Å². The maximum atomic E-state index is 11.9. The van der Waals surface area contributed by atoms with E-state index in [1.165, 1.54) is 0 Å². The Balaban J connectivity index is 1.96. The molecule has 0 saturated heterocycles. The van der Waals surface area contributed by atoms with Crippen LogP contribution in [-0.4, -0.2) is 28.3 Å². The predicted octanol–water partition coefficient (Wildman–Crippen LogP) is 1.67. The van der Waals surface area contributed by atoms with Crippen LogP contribution in [0.25, 0.3) is 0 Å². The number of carboxylic acids is 1. The van der Waals surface area contributed by atoms with E-state index in [2.05, 4.69) is 10.6 Å². The van der Waals surface area contributed by atoms with Crippen LogP contribution in [0.1, 0.15) is 17.2 Å². The van der Waals surface area contributed by atoms with Gasteiger partial charge in [-0.3, -0.25) is 0 Å². The number of rotatable bonds is 6. The molecule has 2 aromatic rings. The Morgan fingerprint density at radius 3 is 2.09 bits per heavy atom. The number of urea groups is 1. The van der Waals surface area contributed by atoms with Gasteiger partial charge in [-0.15, -0.1) is 0 Å². The minimum Gasteiger partial charge on any atom is -0.480 e. The van der Waals surface area contributed by atoms with Crippen molar-refractivity contribution in [1.29, 1.82) is 0 Å². The second-order valence-electron chi connectivity index (χ2n) is 4.98. The van der Waals surface area contributed by atoms with E-state index in [-0.39, 0.29) is 6.54 Å². The first-order chi connectivity index (χ1) is 11.1. The normalized spacial score (nSPS) is 12.9. The fourth-order valence-electron chi connectivity index (χ4n) is 2.09. The van der Waals surface area contributed by atoms with Gasteiger partial charge >= 0.3 is 12.0 Å². The summed E-state index contributed by atoms with van der Waals surface area (Å²) in [4.78, 5) is 23.2. The van der Waals surface area contributed by atoms with Crippen LogP contribution in [0.3, 0.4) is 0 Å². The molecule has 4 N–H and O–H groups in total. The van der Waals surface area contributed by atoms with Gasteiger partial charge in [0.15, 0.2) is 6.04 Å². The Morgan fingerprint density at radius 2 is 1.52 bits per heavy atom. The number of aliphatic hydroxyl groups is 1. The van der Waals surface area contributed by atoms with Gasteiger partial charge in [-0.2, -0.15) is 0 Å². The lowest BCUT2D eigenvalue weighted by atomic mass is 10.0. The highest BCUT2D eigenvalue weighted by Gasteiger charge is 2.29. The number of carboxylic acid groups (broad SMARTS) is 1. The molecule has 2 rings (SSSR count). The molecule has 0 radical (unpaired) electrons. The molecule has 0 aliphatic heterocycles. The monoisotopic (exact) mass is 314 g/mol. The van der Waals surface area contributed by atoms with E-state index < -0.39 is 24.1 Å². The average molecular weight is 314 g/mol. The summed E-state index contributed by atoms with van der Waals surface area (Å²) in [6.45, 7) is 0.264. The summed E-state index contributed by atoms with van der Waals surface area (Å²) in [5.74, 6) is -1.31. The van der Waals surface area contributed by atoms with Crippen LogP contribution in [0.4, 0.5) is 4.79 Å². The largest absolute Gasteiger partial charge is 0.480 e. The van der Waals surface area contributed by atoms with Crippen molar-refractivity contribution in [3.63, 3.8) is 0 Å². The zero-order valence-electron chi connectivity index (χ0n) is 12.3. The van der Waals surface area contributed by atoms with Crippen LogP contribution in [0, 0.1) is 0 Å². The van der Waals surface area contributed by atoms with Crippen LogP contribution in [0.5, 0.6) is 0 Å². The van der Waals surface area contributed by atoms with E-state index in [0.717, 1.165) is 5.56 Å². The van der Waals surface area contributed by atoms with Gasteiger partial charge in [0.2, 0.25) is 0 Å². The van der Waals surface area contributed by atoms with Crippen LogP contribution < -0.4 is 10.6 Å². The number of nitrogens with one attached hydrogen (secondary N) is 2. The molecule has 120 valence electrons. The molecular formula is C17H18N2O4. The SMILES string of the molecule is O=C(NCc1ccccc1)NC(C(=O)O)C(O)c1ccccc1. The summed E-state index contributed by atoms with van der Waals surface area (Å²) in [6, 6.07) is 15.5. The molecule has 6 heteroatoms. The second-order valence-corrected chi connectivity index (χ2v) is 4.98. The summed E-state index contributed by atoms with van der Waals surface area (Å²) in [7, 11) is 0. The second kappa shape index (κ2) is 7.95. The number of carbonyl (C=O) groups excluding carboxylic acids is 1. The lowest BCUT2D eigenvalue weighted by Gasteiger charge is -2.21. The van der Waals surface area contributed by atoms with Gasteiger partial charge < -0.3 is 20.8 Å². The summed E-state index contributed by atoms with van der Waals surface area (Å²) in [5.41, 5.74) is 1.31. The van der Waals surface area contributed by atoms with Crippen LogP contribution in [-0.2, 0) is 11.3 Å². The Hall–Kier alpha value is -2.86. The van der Waals surface area contributed by atoms with Crippen molar-refractivity contribution < 1.29 is 19.8 Å². The molecule has 2 unspecified atom stereocenters. The molecule has 0 saturated carbocycles. The van der Waals surface area contributed by atoms with Crippen molar-refractivity contribution >= 4 is 12.0 Å². The number of aliphatic carboxylic acids is 1. The van der Waals surface area contributed by atoms with E-state index >= 15 is 0 Å². The number of hydrogen-bond donors (Lipinski definition) is 4. The third-order valence-electron chi connectivity index (χ3n) is 3.31. The molecule has 2 atom stereocenters. The molecule has 0 heterocycles. The Labute approximate surface area is 133 Å². The minimum atomic E-state index is -1.44. The van der Waals surface area contributed by atoms with Gasteiger partial charge in [-0.1, -0.05) is 60.7 Å². The molecule has 2 aromatic carbocycles. The highest BCUT2D eigenvalue weighted by atomic mass is 16.4. The summed E-state index contributed by atoms with van der Waals surface area (Å²) in [6.07, 6.45) is -1.34. The molecule has 23 heavy (non-hydrogen) atoms. The molecule has 0 aliphatic carbocycles. The zero-order valence-corrected chi connectivity index (χ0v) is 12.3. The zero-order chi connectivity index (χ0) is 16.7.